The first-order chi connectivity index (χ1) is 6.08. The van der Waals surface area contributed by atoms with E-state index in [2.05, 4.69) is 9.05 Å². The quantitative estimate of drug-likeness (QED) is 0.602. The lowest BCUT2D eigenvalue weighted by atomic mass is 10.2. The van der Waals surface area contributed by atoms with Crippen LogP contribution < -0.4 is 0 Å². The number of carbonyl (C=O) groups excluding carboxylic acids is 1. The van der Waals surface area contributed by atoms with Crippen LogP contribution in [0.25, 0.3) is 0 Å². The third-order valence-electron chi connectivity index (χ3n) is 1.74. The molecule has 0 atom stereocenters. The van der Waals surface area contributed by atoms with E-state index >= 15 is 0 Å². The topological polar surface area (TPSA) is 52.6 Å². The molecule has 0 saturated heterocycles. The number of hydrogen-bond acceptors (Lipinski definition) is 4. The van der Waals surface area contributed by atoms with Crippen LogP contribution in [0.4, 0.5) is 0 Å². The first-order valence-electron chi connectivity index (χ1n) is 4.30. The fraction of sp³-hybridized carbons (Fsp3) is 0.875. The number of Topliss-reactive ketones (excluding diaryl/α,β-unsaturated/α-hetero) is 1. The molecule has 0 aromatic rings. The van der Waals surface area contributed by atoms with Crippen LogP contribution in [0.15, 0.2) is 0 Å². The highest BCUT2D eigenvalue weighted by Crippen LogP contribution is 2.46. The van der Waals surface area contributed by atoms with Crippen LogP contribution in [-0.2, 0) is 18.4 Å². The van der Waals surface area contributed by atoms with Gasteiger partial charge in [-0.05, 0) is 6.42 Å². The van der Waals surface area contributed by atoms with E-state index < -0.39 is 7.60 Å². The number of unbranched alkanes of at least 4 members (excludes halogenated alkanes) is 1. The average molecular weight is 208 g/mol. The molecular formula is C8H17O4P. The number of carbonyl (C=O) groups is 1. The van der Waals surface area contributed by atoms with Gasteiger partial charge in [-0.15, -0.1) is 0 Å². The van der Waals surface area contributed by atoms with Gasteiger partial charge in [-0.1, -0.05) is 13.3 Å². The van der Waals surface area contributed by atoms with Crippen molar-refractivity contribution >= 4 is 13.4 Å². The van der Waals surface area contributed by atoms with Gasteiger partial charge in [0.1, 0.15) is 11.9 Å². The molecule has 0 aromatic heterocycles. The smallest absolute Gasteiger partial charge is 0.312 e. The maximum Gasteiger partial charge on any atom is 0.337 e. The van der Waals surface area contributed by atoms with Crippen LogP contribution in [-0.4, -0.2) is 26.2 Å². The van der Waals surface area contributed by atoms with Crippen molar-refractivity contribution in [2.75, 3.05) is 20.4 Å². The Bertz CT molecular complexity index is 194. The molecule has 0 spiro atoms. The summed E-state index contributed by atoms with van der Waals surface area (Å²) in [6.07, 6.45) is 2.12. The van der Waals surface area contributed by atoms with Crippen molar-refractivity contribution in [2.45, 2.75) is 26.2 Å². The van der Waals surface area contributed by atoms with Gasteiger partial charge in [0.15, 0.2) is 0 Å². The lowest BCUT2D eigenvalue weighted by molar-refractivity contribution is -0.117. The summed E-state index contributed by atoms with van der Waals surface area (Å²) < 4.78 is 20.8. The van der Waals surface area contributed by atoms with E-state index in [1.165, 1.54) is 14.2 Å². The van der Waals surface area contributed by atoms with Crippen molar-refractivity contribution in [3.8, 4) is 0 Å². The van der Waals surface area contributed by atoms with Crippen LogP contribution in [0.1, 0.15) is 26.2 Å². The minimum atomic E-state index is -3.13. The summed E-state index contributed by atoms with van der Waals surface area (Å²) in [5.74, 6) is -0.0612. The van der Waals surface area contributed by atoms with Gasteiger partial charge in [0, 0.05) is 20.6 Å². The van der Waals surface area contributed by atoms with Gasteiger partial charge in [0.25, 0.3) is 0 Å². The van der Waals surface area contributed by atoms with Gasteiger partial charge in [0.2, 0.25) is 0 Å². The molecule has 0 aliphatic rings. The van der Waals surface area contributed by atoms with Crippen LogP contribution in [0.2, 0.25) is 0 Å². The summed E-state index contributed by atoms with van der Waals surface area (Å²) in [5.41, 5.74) is 0. The van der Waals surface area contributed by atoms with Crippen molar-refractivity contribution < 1.29 is 18.4 Å². The molecule has 0 N–H and O–H groups in total. The molecule has 0 unspecified atom stereocenters. The third-order valence-corrected chi connectivity index (χ3v) is 3.59. The molecule has 0 fully saturated rings. The highest BCUT2D eigenvalue weighted by molar-refractivity contribution is 7.54. The predicted octanol–water partition coefficient (Wildman–Crippen LogP) is 2.23. The van der Waals surface area contributed by atoms with E-state index in [4.69, 9.17) is 0 Å². The van der Waals surface area contributed by atoms with E-state index in [1.54, 1.807) is 0 Å². The Morgan fingerprint density at radius 2 is 1.85 bits per heavy atom. The second kappa shape index (κ2) is 6.30. The zero-order valence-corrected chi connectivity index (χ0v) is 9.30. The first-order valence-corrected chi connectivity index (χ1v) is 6.03. The van der Waals surface area contributed by atoms with Crippen LogP contribution >= 0.6 is 7.60 Å². The SMILES string of the molecule is CCCCC(=O)CP(=O)(OC)OC. The molecule has 0 aliphatic carbocycles. The normalized spacial score (nSPS) is 11.6. The molecule has 0 saturated carbocycles. The third kappa shape index (κ3) is 5.19. The first kappa shape index (κ1) is 12.8. The summed E-state index contributed by atoms with van der Waals surface area (Å²) in [5, 5.41) is 0. The van der Waals surface area contributed by atoms with Crippen LogP contribution in [0.5, 0.6) is 0 Å². The van der Waals surface area contributed by atoms with Crippen molar-refractivity contribution in [2.24, 2.45) is 0 Å². The van der Waals surface area contributed by atoms with E-state index in [1.807, 2.05) is 6.92 Å². The van der Waals surface area contributed by atoms with Crippen molar-refractivity contribution in [1.82, 2.24) is 0 Å². The second-order valence-electron chi connectivity index (χ2n) is 2.78. The summed E-state index contributed by atoms with van der Waals surface area (Å²) >= 11 is 0. The maximum absolute atomic E-state index is 11.5. The van der Waals surface area contributed by atoms with E-state index in [0.717, 1.165) is 12.8 Å². The molecular weight excluding hydrogens is 191 g/mol. The number of hydrogen-bond donors (Lipinski definition) is 0. The van der Waals surface area contributed by atoms with Crippen molar-refractivity contribution in [1.29, 1.82) is 0 Å². The van der Waals surface area contributed by atoms with Gasteiger partial charge in [-0.3, -0.25) is 9.36 Å². The Hall–Kier alpha value is -0.180. The zero-order chi connectivity index (χ0) is 10.3. The van der Waals surface area contributed by atoms with E-state index in [-0.39, 0.29) is 11.9 Å². The largest absolute Gasteiger partial charge is 0.337 e. The Kier molecular flexibility index (Phi) is 6.21. The molecule has 78 valence electrons. The Morgan fingerprint density at radius 3 is 2.23 bits per heavy atom. The van der Waals surface area contributed by atoms with Gasteiger partial charge >= 0.3 is 7.60 Å². The van der Waals surface area contributed by atoms with Gasteiger partial charge in [-0.25, -0.2) is 0 Å². The summed E-state index contributed by atoms with van der Waals surface area (Å²) in [7, 11) is -0.549. The minimum Gasteiger partial charge on any atom is -0.312 e. The van der Waals surface area contributed by atoms with Crippen molar-refractivity contribution in [3.05, 3.63) is 0 Å². The van der Waals surface area contributed by atoms with Gasteiger partial charge in [0.05, 0.1) is 0 Å². The molecule has 13 heavy (non-hydrogen) atoms. The molecule has 4 nitrogen and oxygen atoms in total. The highest BCUT2D eigenvalue weighted by Gasteiger charge is 2.24. The monoisotopic (exact) mass is 208 g/mol. The molecule has 0 heterocycles. The summed E-state index contributed by atoms with van der Waals surface area (Å²) in [6.45, 7) is 2.00. The van der Waals surface area contributed by atoms with Crippen LogP contribution in [0, 0.1) is 0 Å². The lowest BCUT2D eigenvalue weighted by Crippen LogP contribution is -2.07. The minimum absolute atomic E-state index is 0.0612. The fourth-order valence-electron chi connectivity index (χ4n) is 0.873. The number of rotatable bonds is 7. The molecule has 5 heteroatoms. The Labute approximate surface area is 79.1 Å². The average Bonchev–Trinajstić information content (AvgIpc) is 2.14. The van der Waals surface area contributed by atoms with Gasteiger partial charge < -0.3 is 9.05 Å². The Balaban J connectivity index is 3.95. The molecule has 0 aliphatic heterocycles. The Morgan fingerprint density at radius 1 is 1.31 bits per heavy atom. The zero-order valence-electron chi connectivity index (χ0n) is 8.41. The van der Waals surface area contributed by atoms with E-state index in [9.17, 15) is 9.36 Å². The molecule has 0 radical (unpaired) electrons. The summed E-state index contributed by atoms with van der Waals surface area (Å²) in [4.78, 5) is 11.2. The molecule has 0 rings (SSSR count). The second-order valence-corrected chi connectivity index (χ2v) is 5.04. The number of ketones is 1. The highest BCUT2D eigenvalue weighted by atomic mass is 31.2. The lowest BCUT2D eigenvalue weighted by Gasteiger charge is -2.11. The van der Waals surface area contributed by atoms with Crippen LogP contribution in [0.3, 0.4) is 0 Å². The standard InChI is InChI=1S/C8H17O4P/c1-4-5-6-8(9)7-13(10,11-2)12-3/h4-7H2,1-3H3. The summed E-state index contributed by atoms with van der Waals surface area (Å²) in [6, 6.07) is 0. The maximum atomic E-state index is 11.5. The molecule has 0 bridgehead atoms. The van der Waals surface area contributed by atoms with Gasteiger partial charge in [-0.2, -0.15) is 0 Å². The fourth-order valence-corrected chi connectivity index (χ4v) is 1.87. The van der Waals surface area contributed by atoms with E-state index in [0.29, 0.717) is 6.42 Å². The molecule has 0 amide bonds. The molecule has 0 aromatic carbocycles. The predicted molar refractivity (Wildman–Crippen MR) is 51.0 cm³/mol. The van der Waals surface area contributed by atoms with Crippen molar-refractivity contribution in [3.63, 3.8) is 0 Å².